The first kappa shape index (κ1) is 13.9. The van der Waals surface area contributed by atoms with Gasteiger partial charge >= 0.3 is 5.97 Å². The highest BCUT2D eigenvalue weighted by Gasteiger charge is 2.39. The minimum Gasteiger partial charge on any atom is -0.486 e. The van der Waals surface area contributed by atoms with E-state index in [-0.39, 0.29) is 18.6 Å². The zero-order chi connectivity index (χ0) is 14.4. The maximum absolute atomic E-state index is 12.2. The van der Waals surface area contributed by atoms with Gasteiger partial charge in [0.2, 0.25) is 0 Å². The average Bonchev–Trinajstić information content (AvgIpc) is 2.23. The van der Waals surface area contributed by atoms with Gasteiger partial charge in [-0.2, -0.15) is 0 Å². The van der Waals surface area contributed by atoms with Gasteiger partial charge in [-0.3, -0.25) is 9.59 Å². The van der Waals surface area contributed by atoms with Crippen LogP contribution in [0.3, 0.4) is 0 Å². The molecule has 0 spiro atoms. The third-order valence-corrected chi connectivity index (χ3v) is 3.92. The molecule has 1 aliphatic heterocycles. The maximum atomic E-state index is 12.2. The third-order valence-electron chi connectivity index (χ3n) is 3.34. The number of carboxylic acids is 1. The quantitative estimate of drug-likeness (QED) is 0.905. The van der Waals surface area contributed by atoms with E-state index in [0.29, 0.717) is 21.9 Å². The molecule has 5 heteroatoms. The topological polar surface area (TPSA) is 63.6 Å². The molecule has 0 amide bonds. The molecule has 4 nitrogen and oxygen atoms in total. The van der Waals surface area contributed by atoms with E-state index in [4.69, 9.17) is 21.4 Å². The van der Waals surface area contributed by atoms with Crippen molar-refractivity contribution in [2.75, 3.05) is 0 Å². The van der Waals surface area contributed by atoms with Gasteiger partial charge in [0.25, 0.3) is 0 Å². The van der Waals surface area contributed by atoms with E-state index in [2.05, 4.69) is 0 Å². The Hall–Kier alpha value is -1.55. The first-order valence-electron chi connectivity index (χ1n) is 5.97. The molecule has 0 saturated carbocycles. The van der Waals surface area contributed by atoms with Crippen molar-refractivity contribution >= 4 is 23.4 Å². The zero-order valence-electron chi connectivity index (χ0n) is 11.0. The number of hydrogen-bond donors (Lipinski definition) is 1. The van der Waals surface area contributed by atoms with Crippen LogP contribution in [0.5, 0.6) is 5.75 Å². The summed E-state index contributed by atoms with van der Waals surface area (Å²) in [5, 5.41) is 9.46. The second-order valence-electron chi connectivity index (χ2n) is 5.23. The Balaban J connectivity index is 2.51. The van der Waals surface area contributed by atoms with Gasteiger partial charge in [0, 0.05) is 5.02 Å². The molecule has 102 valence electrons. The number of fused-ring (bicyclic) bond motifs is 1. The smallest absolute Gasteiger partial charge is 0.307 e. The number of benzene rings is 1. The predicted octanol–water partition coefficient (Wildman–Crippen LogP) is 3.16. The Morgan fingerprint density at radius 1 is 1.53 bits per heavy atom. The summed E-state index contributed by atoms with van der Waals surface area (Å²) in [6.45, 7) is 5.24. The summed E-state index contributed by atoms with van der Waals surface area (Å²) in [6.07, 6.45) is -0.161. The first-order chi connectivity index (χ1) is 8.73. The summed E-state index contributed by atoms with van der Waals surface area (Å²) in [4.78, 5) is 23.1. The monoisotopic (exact) mass is 282 g/mol. The number of ketones is 1. The molecule has 0 saturated heterocycles. The minimum absolute atomic E-state index is 0.0481. The zero-order valence-corrected chi connectivity index (χ0v) is 11.8. The highest BCUT2D eigenvalue weighted by molar-refractivity contribution is 6.32. The summed E-state index contributed by atoms with van der Waals surface area (Å²) >= 11 is 6.13. The van der Waals surface area contributed by atoms with Gasteiger partial charge in [0.05, 0.1) is 18.4 Å². The maximum Gasteiger partial charge on any atom is 0.307 e. The number of rotatable bonds is 2. The van der Waals surface area contributed by atoms with Crippen molar-refractivity contribution in [1.29, 1.82) is 0 Å². The molecule has 19 heavy (non-hydrogen) atoms. The van der Waals surface area contributed by atoms with Crippen molar-refractivity contribution in [3.8, 4) is 5.75 Å². The Morgan fingerprint density at radius 2 is 2.16 bits per heavy atom. The van der Waals surface area contributed by atoms with Crippen LogP contribution in [-0.4, -0.2) is 22.5 Å². The number of aryl methyl sites for hydroxylation is 1. The van der Waals surface area contributed by atoms with Crippen LogP contribution in [0, 0.1) is 13.8 Å². The number of carbonyl (C=O) groups is 2. The Bertz CT molecular complexity index is 579. The third kappa shape index (κ3) is 2.45. The van der Waals surface area contributed by atoms with E-state index in [1.165, 1.54) is 0 Å². The van der Waals surface area contributed by atoms with E-state index in [0.717, 1.165) is 5.56 Å². The molecule has 0 aromatic heterocycles. The summed E-state index contributed by atoms with van der Waals surface area (Å²) in [6, 6.07) is 1.70. The second-order valence-corrected chi connectivity index (χ2v) is 5.61. The van der Waals surface area contributed by atoms with Crippen LogP contribution >= 0.6 is 11.6 Å². The molecule has 1 N–H and O–H groups in total. The van der Waals surface area contributed by atoms with Gasteiger partial charge in [-0.05, 0) is 38.0 Å². The number of hydrogen-bond acceptors (Lipinski definition) is 3. The fourth-order valence-electron chi connectivity index (χ4n) is 2.50. The van der Waals surface area contributed by atoms with Crippen LogP contribution in [0.15, 0.2) is 6.07 Å². The molecule has 0 bridgehead atoms. The van der Waals surface area contributed by atoms with E-state index >= 15 is 0 Å². The predicted molar refractivity (Wildman–Crippen MR) is 71.2 cm³/mol. The number of Topliss-reactive ketones (excluding diaryl/α,β-unsaturated/α-hetero) is 1. The van der Waals surface area contributed by atoms with Gasteiger partial charge in [-0.1, -0.05) is 11.6 Å². The number of carboxylic acid groups (broad SMARTS) is 1. The largest absolute Gasteiger partial charge is 0.486 e. The van der Waals surface area contributed by atoms with Crippen molar-refractivity contribution in [3.63, 3.8) is 0 Å². The van der Waals surface area contributed by atoms with Crippen LogP contribution in [-0.2, 0) is 4.79 Å². The van der Waals surface area contributed by atoms with E-state index < -0.39 is 11.6 Å². The van der Waals surface area contributed by atoms with Crippen molar-refractivity contribution in [2.24, 2.45) is 0 Å². The Kier molecular flexibility index (Phi) is 3.31. The normalized spacial score (nSPS) is 21.8. The number of ether oxygens (including phenoxy) is 1. The molecule has 2 rings (SSSR count). The van der Waals surface area contributed by atoms with Gasteiger partial charge in [0.1, 0.15) is 11.4 Å². The standard InChI is InChI=1S/C14H15ClO4/c1-7-4-10-12(8(2)13(7)15)9(16)5-14(3,19-10)6-11(17)18/h4H,5-6H2,1-3H3,(H,17,18). The van der Waals surface area contributed by atoms with Crippen molar-refractivity contribution in [2.45, 2.75) is 39.2 Å². The fraction of sp³-hybridized carbons (Fsp3) is 0.429. The van der Waals surface area contributed by atoms with Crippen LogP contribution in [0.4, 0.5) is 0 Å². The van der Waals surface area contributed by atoms with Crippen molar-refractivity contribution in [1.82, 2.24) is 0 Å². The average molecular weight is 283 g/mol. The molecule has 1 aromatic rings. The summed E-state index contributed by atoms with van der Waals surface area (Å²) < 4.78 is 5.76. The van der Waals surface area contributed by atoms with Crippen molar-refractivity contribution < 1.29 is 19.4 Å². The molecule has 1 unspecified atom stereocenters. The minimum atomic E-state index is -0.997. The molecule has 0 aliphatic carbocycles. The van der Waals surface area contributed by atoms with Gasteiger partial charge < -0.3 is 9.84 Å². The van der Waals surface area contributed by atoms with Gasteiger partial charge in [-0.15, -0.1) is 0 Å². The molecule has 0 radical (unpaired) electrons. The summed E-state index contributed by atoms with van der Waals surface area (Å²) in [5.74, 6) is -0.676. The lowest BCUT2D eigenvalue weighted by molar-refractivity contribution is -0.141. The number of carbonyl (C=O) groups excluding carboxylic acids is 1. The SMILES string of the molecule is Cc1cc2c(c(C)c1Cl)C(=O)CC(C)(CC(=O)O)O2. The molecular weight excluding hydrogens is 268 g/mol. The molecular formula is C14H15ClO4. The van der Waals surface area contributed by atoms with Gasteiger partial charge in [0.15, 0.2) is 5.78 Å². The number of halogens is 1. The molecule has 1 aromatic carbocycles. The summed E-state index contributed by atoms with van der Waals surface area (Å²) in [5.41, 5.74) is 0.977. The highest BCUT2D eigenvalue weighted by atomic mass is 35.5. The van der Waals surface area contributed by atoms with Gasteiger partial charge in [-0.25, -0.2) is 0 Å². The van der Waals surface area contributed by atoms with Crippen LogP contribution in [0.2, 0.25) is 5.02 Å². The lowest BCUT2D eigenvalue weighted by atomic mass is 9.86. The molecule has 1 atom stereocenters. The Labute approximate surface area is 116 Å². The van der Waals surface area contributed by atoms with E-state index in [1.807, 2.05) is 6.92 Å². The van der Waals surface area contributed by atoms with Crippen LogP contribution in [0.25, 0.3) is 0 Å². The van der Waals surface area contributed by atoms with Crippen LogP contribution in [0.1, 0.15) is 41.3 Å². The van der Waals surface area contributed by atoms with E-state index in [1.54, 1.807) is 19.9 Å². The number of aliphatic carboxylic acids is 1. The molecule has 1 aliphatic rings. The van der Waals surface area contributed by atoms with Crippen LogP contribution < -0.4 is 4.74 Å². The second kappa shape index (κ2) is 4.53. The lowest BCUT2D eigenvalue weighted by Gasteiger charge is -2.34. The fourth-order valence-corrected chi connectivity index (χ4v) is 2.65. The first-order valence-corrected chi connectivity index (χ1v) is 6.35. The summed E-state index contributed by atoms with van der Waals surface area (Å²) in [7, 11) is 0. The molecule has 1 heterocycles. The highest BCUT2D eigenvalue weighted by Crippen LogP contribution is 2.40. The Morgan fingerprint density at radius 3 is 2.74 bits per heavy atom. The van der Waals surface area contributed by atoms with E-state index in [9.17, 15) is 9.59 Å². The lowest BCUT2D eigenvalue weighted by Crippen LogP contribution is -2.41. The molecule has 0 fully saturated rings. The van der Waals surface area contributed by atoms with Crippen molar-refractivity contribution in [3.05, 3.63) is 27.8 Å².